The Labute approximate surface area is 130 Å². The summed E-state index contributed by atoms with van der Waals surface area (Å²) >= 11 is 0. The van der Waals surface area contributed by atoms with Crippen molar-refractivity contribution in [3.8, 4) is 0 Å². The summed E-state index contributed by atoms with van der Waals surface area (Å²) in [5.74, 6) is 0.744. The normalized spacial score (nSPS) is 18.9. The minimum atomic E-state index is -0.407. The third kappa shape index (κ3) is 6.25. The summed E-state index contributed by atoms with van der Waals surface area (Å²) in [6.45, 7) is 14.1. The molecule has 1 N–H and O–H groups in total. The van der Waals surface area contributed by atoms with Crippen LogP contribution in [0.25, 0.3) is 0 Å². The third-order valence-corrected chi connectivity index (χ3v) is 4.40. The van der Waals surface area contributed by atoms with Crippen molar-refractivity contribution in [2.24, 2.45) is 5.92 Å². The van der Waals surface area contributed by atoms with E-state index in [1.54, 1.807) is 0 Å². The van der Waals surface area contributed by atoms with Crippen molar-refractivity contribution in [3.05, 3.63) is 0 Å². The molecule has 4 nitrogen and oxygen atoms in total. The van der Waals surface area contributed by atoms with E-state index >= 15 is 0 Å². The fourth-order valence-corrected chi connectivity index (χ4v) is 3.06. The van der Waals surface area contributed by atoms with Gasteiger partial charge in [-0.25, -0.2) is 4.79 Å². The van der Waals surface area contributed by atoms with Gasteiger partial charge in [-0.1, -0.05) is 26.7 Å². The van der Waals surface area contributed by atoms with Gasteiger partial charge in [0.15, 0.2) is 0 Å². The molecule has 1 aliphatic heterocycles. The van der Waals surface area contributed by atoms with Crippen LogP contribution in [0.3, 0.4) is 0 Å². The molecule has 4 heteroatoms. The standard InChI is InChI=1S/C17H34N2O2/c1-7-14(8-2)13(3)18-15-9-11-19(12-10-15)16(20)21-17(4,5)6/h13-15,18H,7-12H2,1-6H3. The zero-order chi connectivity index (χ0) is 16.0. The van der Waals surface area contributed by atoms with Gasteiger partial charge in [-0.05, 0) is 46.5 Å². The van der Waals surface area contributed by atoms with Gasteiger partial charge in [-0.15, -0.1) is 0 Å². The first-order valence-corrected chi connectivity index (χ1v) is 8.50. The van der Waals surface area contributed by atoms with E-state index in [9.17, 15) is 4.79 Å². The molecule has 0 bridgehead atoms. The van der Waals surface area contributed by atoms with Crippen molar-refractivity contribution in [2.45, 2.75) is 84.9 Å². The Bertz CT molecular complexity index is 313. The lowest BCUT2D eigenvalue weighted by atomic mass is 9.93. The molecule has 1 amide bonds. The molecule has 1 unspecified atom stereocenters. The highest BCUT2D eigenvalue weighted by Crippen LogP contribution is 2.18. The number of nitrogens with zero attached hydrogens (tertiary/aromatic N) is 1. The van der Waals surface area contributed by atoms with Crippen molar-refractivity contribution in [1.29, 1.82) is 0 Å². The van der Waals surface area contributed by atoms with E-state index in [-0.39, 0.29) is 6.09 Å². The van der Waals surface area contributed by atoms with E-state index in [0.717, 1.165) is 31.8 Å². The summed E-state index contributed by atoms with van der Waals surface area (Å²) < 4.78 is 5.43. The Balaban J connectivity index is 2.37. The Kier molecular flexibility index (Phi) is 6.98. The molecule has 124 valence electrons. The van der Waals surface area contributed by atoms with Gasteiger partial charge < -0.3 is 15.0 Å². The van der Waals surface area contributed by atoms with Crippen molar-refractivity contribution >= 4 is 6.09 Å². The monoisotopic (exact) mass is 298 g/mol. The van der Waals surface area contributed by atoms with E-state index in [1.807, 2.05) is 25.7 Å². The number of piperidine rings is 1. The first-order valence-electron chi connectivity index (χ1n) is 8.50. The summed E-state index contributed by atoms with van der Waals surface area (Å²) in [7, 11) is 0. The van der Waals surface area contributed by atoms with Gasteiger partial charge in [0, 0.05) is 25.2 Å². The summed E-state index contributed by atoms with van der Waals surface area (Å²) in [6.07, 6.45) is 4.31. The molecule has 21 heavy (non-hydrogen) atoms. The molecule has 1 heterocycles. The van der Waals surface area contributed by atoms with Crippen LogP contribution in [-0.4, -0.2) is 41.8 Å². The zero-order valence-corrected chi connectivity index (χ0v) is 14.7. The lowest BCUT2D eigenvalue weighted by Crippen LogP contribution is -2.49. The summed E-state index contributed by atoms with van der Waals surface area (Å²) in [6, 6.07) is 1.08. The topological polar surface area (TPSA) is 41.6 Å². The quantitative estimate of drug-likeness (QED) is 0.839. The predicted molar refractivity (Wildman–Crippen MR) is 87.5 cm³/mol. The fraction of sp³-hybridized carbons (Fsp3) is 0.941. The second-order valence-corrected chi connectivity index (χ2v) is 7.27. The number of hydrogen-bond donors (Lipinski definition) is 1. The fourth-order valence-electron chi connectivity index (χ4n) is 3.06. The van der Waals surface area contributed by atoms with Crippen LogP contribution in [0, 0.1) is 5.92 Å². The smallest absolute Gasteiger partial charge is 0.410 e. The van der Waals surface area contributed by atoms with Crippen LogP contribution in [0.5, 0.6) is 0 Å². The Morgan fingerprint density at radius 1 is 1.24 bits per heavy atom. The van der Waals surface area contributed by atoms with E-state index in [4.69, 9.17) is 4.74 Å². The third-order valence-electron chi connectivity index (χ3n) is 4.40. The lowest BCUT2D eigenvalue weighted by Gasteiger charge is -2.36. The molecule has 1 atom stereocenters. The van der Waals surface area contributed by atoms with Gasteiger partial charge in [0.05, 0.1) is 0 Å². The average Bonchev–Trinajstić information content (AvgIpc) is 2.39. The van der Waals surface area contributed by atoms with Gasteiger partial charge in [-0.2, -0.15) is 0 Å². The molecular weight excluding hydrogens is 264 g/mol. The van der Waals surface area contributed by atoms with Crippen LogP contribution in [0.4, 0.5) is 4.79 Å². The highest BCUT2D eigenvalue weighted by Gasteiger charge is 2.27. The van der Waals surface area contributed by atoms with Gasteiger partial charge in [-0.3, -0.25) is 0 Å². The van der Waals surface area contributed by atoms with Crippen LogP contribution in [0.15, 0.2) is 0 Å². The summed E-state index contributed by atoms with van der Waals surface area (Å²) in [5, 5.41) is 3.75. The van der Waals surface area contributed by atoms with E-state index < -0.39 is 5.60 Å². The van der Waals surface area contributed by atoms with Crippen LogP contribution >= 0.6 is 0 Å². The maximum Gasteiger partial charge on any atom is 0.410 e. The second-order valence-electron chi connectivity index (χ2n) is 7.27. The molecule has 0 aromatic carbocycles. The number of likely N-dealkylation sites (tertiary alicyclic amines) is 1. The molecule has 0 saturated carbocycles. The summed E-state index contributed by atoms with van der Waals surface area (Å²) in [5.41, 5.74) is -0.407. The molecule has 1 fully saturated rings. The number of hydrogen-bond acceptors (Lipinski definition) is 3. The molecule has 1 saturated heterocycles. The van der Waals surface area contributed by atoms with E-state index in [0.29, 0.717) is 12.1 Å². The Morgan fingerprint density at radius 3 is 2.19 bits per heavy atom. The number of rotatable bonds is 5. The largest absolute Gasteiger partial charge is 0.444 e. The van der Waals surface area contributed by atoms with Crippen molar-refractivity contribution in [3.63, 3.8) is 0 Å². The van der Waals surface area contributed by atoms with Gasteiger partial charge in [0.25, 0.3) is 0 Å². The maximum atomic E-state index is 12.0. The van der Waals surface area contributed by atoms with Gasteiger partial charge >= 0.3 is 6.09 Å². The Morgan fingerprint density at radius 2 is 1.76 bits per heavy atom. The second kappa shape index (κ2) is 8.02. The number of amides is 1. The lowest BCUT2D eigenvalue weighted by molar-refractivity contribution is 0.0194. The molecule has 1 aliphatic rings. The number of carbonyl (C=O) groups is 1. The van der Waals surface area contributed by atoms with Gasteiger partial charge in [0.2, 0.25) is 0 Å². The predicted octanol–water partition coefficient (Wildman–Crippen LogP) is 3.80. The first-order chi connectivity index (χ1) is 9.76. The van der Waals surface area contributed by atoms with Crippen LogP contribution in [-0.2, 0) is 4.74 Å². The number of carbonyl (C=O) groups excluding carboxylic acids is 1. The highest BCUT2D eigenvalue weighted by atomic mass is 16.6. The van der Waals surface area contributed by atoms with E-state index in [2.05, 4.69) is 26.1 Å². The van der Waals surface area contributed by atoms with Crippen LogP contribution in [0.2, 0.25) is 0 Å². The molecular formula is C17H34N2O2. The number of nitrogens with one attached hydrogen (secondary N) is 1. The van der Waals surface area contributed by atoms with Gasteiger partial charge in [0.1, 0.15) is 5.60 Å². The van der Waals surface area contributed by atoms with Crippen molar-refractivity contribution in [1.82, 2.24) is 10.2 Å². The zero-order valence-electron chi connectivity index (χ0n) is 14.7. The van der Waals surface area contributed by atoms with Crippen molar-refractivity contribution < 1.29 is 9.53 Å². The Hall–Kier alpha value is -0.770. The minimum absolute atomic E-state index is 0.172. The maximum absolute atomic E-state index is 12.0. The molecule has 0 spiro atoms. The van der Waals surface area contributed by atoms with Crippen LogP contribution in [0.1, 0.15) is 67.2 Å². The molecule has 0 aliphatic carbocycles. The van der Waals surface area contributed by atoms with Crippen LogP contribution < -0.4 is 5.32 Å². The minimum Gasteiger partial charge on any atom is -0.444 e. The van der Waals surface area contributed by atoms with E-state index in [1.165, 1.54) is 12.8 Å². The molecule has 0 aromatic heterocycles. The summed E-state index contributed by atoms with van der Waals surface area (Å²) in [4.78, 5) is 13.9. The average molecular weight is 298 g/mol. The SMILES string of the molecule is CCC(CC)C(C)NC1CCN(C(=O)OC(C)(C)C)CC1. The number of ether oxygens (including phenoxy) is 1. The highest BCUT2D eigenvalue weighted by molar-refractivity contribution is 5.68. The molecule has 0 radical (unpaired) electrons. The first kappa shape index (κ1) is 18.3. The molecule has 1 rings (SSSR count). The van der Waals surface area contributed by atoms with Crippen molar-refractivity contribution in [2.75, 3.05) is 13.1 Å². The molecule has 0 aromatic rings.